The first-order valence-corrected chi connectivity index (χ1v) is 12.3. The quantitative estimate of drug-likeness (QED) is 0.567. The fourth-order valence-corrected chi connectivity index (χ4v) is 5.87. The topological polar surface area (TPSA) is 88.5 Å². The predicted molar refractivity (Wildman–Crippen MR) is 123 cm³/mol. The van der Waals surface area contributed by atoms with Gasteiger partial charge in [-0.05, 0) is 43.4 Å². The van der Waals surface area contributed by atoms with Crippen LogP contribution in [0.4, 0.5) is 5.00 Å². The highest BCUT2D eigenvalue weighted by atomic mass is 32.2. The Bertz CT molecular complexity index is 1120. The third-order valence-electron chi connectivity index (χ3n) is 5.68. The number of anilines is 1. The van der Waals surface area contributed by atoms with Crippen molar-refractivity contribution in [3.05, 3.63) is 45.9 Å². The predicted octanol–water partition coefficient (Wildman–Crippen LogP) is 4.07. The zero-order valence-corrected chi connectivity index (χ0v) is 19.5. The van der Waals surface area contributed by atoms with E-state index in [9.17, 15) is 10.1 Å². The molecule has 3 aromatic heterocycles. The molecule has 0 spiro atoms. The van der Waals surface area contributed by atoms with Crippen molar-refractivity contribution in [3.63, 3.8) is 0 Å². The third-order valence-corrected chi connectivity index (χ3v) is 7.91. The van der Waals surface area contributed by atoms with Crippen molar-refractivity contribution in [2.75, 3.05) is 11.1 Å². The van der Waals surface area contributed by atoms with Crippen LogP contribution in [0.25, 0.3) is 0 Å². The second-order valence-corrected chi connectivity index (χ2v) is 9.86. The lowest BCUT2D eigenvalue weighted by atomic mass is 9.97. The summed E-state index contributed by atoms with van der Waals surface area (Å²) in [6.45, 7) is 0. The second kappa shape index (κ2) is 9.71. The summed E-state index contributed by atoms with van der Waals surface area (Å²) in [6, 6.07) is 6.40. The number of aromatic nitrogens is 4. The molecule has 0 atom stereocenters. The van der Waals surface area contributed by atoms with E-state index < -0.39 is 0 Å². The number of rotatable bonds is 6. The standard InChI is InChI=1S/C22H26N6OS2/c1-27-11-7-8-15(27)12-19-25-26-22(28(19)2)30-14-20(29)24-21-17(13-23)16-9-5-3-4-6-10-18(16)31-21/h7-8,11H,3-6,9-10,12,14H2,1-2H3,(H,24,29). The molecule has 7 nitrogen and oxygen atoms in total. The molecule has 0 unspecified atom stereocenters. The Balaban J connectivity index is 1.39. The Morgan fingerprint density at radius 3 is 2.81 bits per heavy atom. The number of carbonyl (C=O) groups is 1. The number of thiophene rings is 1. The van der Waals surface area contributed by atoms with Gasteiger partial charge in [0.05, 0.1) is 11.3 Å². The number of fused-ring (bicyclic) bond motifs is 1. The van der Waals surface area contributed by atoms with Gasteiger partial charge >= 0.3 is 0 Å². The zero-order valence-electron chi connectivity index (χ0n) is 17.8. The molecule has 0 bridgehead atoms. The fourth-order valence-electron chi connectivity index (χ4n) is 3.89. The van der Waals surface area contributed by atoms with Crippen LogP contribution < -0.4 is 5.32 Å². The number of hydrogen-bond acceptors (Lipinski definition) is 6. The normalized spacial score (nSPS) is 13.8. The van der Waals surface area contributed by atoms with Crippen LogP contribution in [0.1, 0.15) is 53.2 Å². The molecule has 1 aliphatic rings. The number of hydrogen-bond donors (Lipinski definition) is 1. The van der Waals surface area contributed by atoms with Crippen molar-refractivity contribution in [2.24, 2.45) is 14.1 Å². The monoisotopic (exact) mass is 454 g/mol. The third kappa shape index (κ3) is 4.86. The van der Waals surface area contributed by atoms with Gasteiger partial charge in [0.2, 0.25) is 5.91 Å². The first-order valence-electron chi connectivity index (χ1n) is 10.5. The molecule has 0 saturated heterocycles. The molecule has 3 aromatic rings. The van der Waals surface area contributed by atoms with Gasteiger partial charge in [0, 0.05) is 37.3 Å². The summed E-state index contributed by atoms with van der Waals surface area (Å²) in [7, 11) is 3.93. The first-order chi connectivity index (χ1) is 15.1. The highest BCUT2D eigenvalue weighted by molar-refractivity contribution is 7.99. The zero-order chi connectivity index (χ0) is 21.8. The van der Waals surface area contributed by atoms with Crippen LogP contribution in [0.5, 0.6) is 0 Å². The maximum Gasteiger partial charge on any atom is 0.235 e. The fraction of sp³-hybridized carbons (Fsp3) is 0.455. The summed E-state index contributed by atoms with van der Waals surface area (Å²) >= 11 is 2.93. The molecule has 0 saturated carbocycles. The van der Waals surface area contributed by atoms with Crippen molar-refractivity contribution in [2.45, 2.75) is 50.1 Å². The molecule has 0 aliphatic heterocycles. The van der Waals surface area contributed by atoms with Crippen LogP contribution in [0.2, 0.25) is 0 Å². The molecule has 0 fully saturated rings. The lowest BCUT2D eigenvalue weighted by molar-refractivity contribution is -0.113. The summed E-state index contributed by atoms with van der Waals surface area (Å²) in [5.41, 5.74) is 2.96. The van der Waals surface area contributed by atoms with E-state index >= 15 is 0 Å². The molecule has 1 amide bonds. The van der Waals surface area contributed by atoms with E-state index in [-0.39, 0.29) is 11.7 Å². The van der Waals surface area contributed by atoms with E-state index in [4.69, 9.17) is 0 Å². The summed E-state index contributed by atoms with van der Waals surface area (Å²) in [4.78, 5) is 13.9. The van der Waals surface area contributed by atoms with Gasteiger partial charge in [-0.1, -0.05) is 24.6 Å². The van der Waals surface area contributed by atoms with Crippen molar-refractivity contribution in [1.29, 1.82) is 5.26 Å². The summed E-state index contributed by atoms with van der Waals surface area (Å²) in [5, 5.41) is 22.6. The van der Waals surface area contributed by atoms with Crippen LogP contribution in [-0.4, -0.2) is 31.0 Å². The van der Waals surface area contributed by atoms with Gasteiger partial charge in [-0.3, -0.25) is 4.79 Å². The lowest BCUT2D eigenvalue weighted by Crippen LogP contribution is -2.14. The van der Waals surface area contributed by atoms with E-state index in [1.807, 2.05) is 30.9 Å². The summed E-state index contributed by atoms with van der Waals surface area (Å²) < 4.78 is 3.99. The minimum Gasteiger partial charge on any atom is -0.354 e. The number of nitrogens with one attached hydrogen (secondary N) is 1. The molecule has 162 valence electrons. The number of nitrogens with zero attached hydrogens (tertiary/aromatic N) is 5. The Labute approximate surface area is 190 Å². The molecule has 1 aliphatic carbocycles. The highest BCUT2D eigenvalue weighted by Gasteiger charge is 2.21. The summed E-state index contributed by atoms with van der Waals surface area (Å²) in [5.74, 6) is 0.959. The number of aryl methyl sites for hydroxylation is 2. The molecule has 31 heavy (non-hydrogen) atoms. The maximum absolute atomic E-state index is 12.6. The van der Waals surface area contributed by atoms with E-state index in [2.05, 4.69) is 32.2 Å². The van der Waals surface area contributed by atoms with E-state index in [0.717, 1.165) is 42.8 Å². The van der Waals surface area contributed by atoms with Crippen LogP contribution >= 0.6 is 23.1 Å². The average Bonchev–Trinajstić information content (AvgIpc) is 3.39. The lowest BCUT2D eigenvalue weighted by Gasteiger charge is -2.08. The molecular formula is C22H26N6OS2. The van der Waals surface area contributed by atoms with Gasteiger partial charge in [-0.15, -0.1) is 21.5 Å². The van der Waals surface area contributed by atoms with E-state index in [1.54, 1.807) is 11.3 Å². The molecule has 9 heteroatoms. The number of amides is 1. The van der Waals surface area contributed by atoms with Gasteiger partial charge in [-0.2, -0.15) is 5.26 Å². The molecule has 4 rings (SSSR count). The van der Waals surface area contributed by atoms with Crippen molar-refractivity contribution < 1.29 is 4.79 Å². The highest BCUT2D eigenvalue weighted by Crippen LogP contribution is 2.36. The number of nitriles is 1. The first kappa shape index (κ1) is 21.7. The van der Waals surface area contributed by atoms with Gasteiger partial charge in [0.15, 0.2) is 5.16 Å². The Hall–Kier alpha value is -2.57. The van der Waals surface area contributed by atoms with Crippen molar-refractivity contribution in [1.82, 2.24) is 19.3 Å². The minimum atomic E-state index is -0.122. The Morgan fingerprint density at radius 2 is 2.06 bits per heavy atom. The van der Waals surface area contributed by atoms with E-state index in [0.29, 0.717) is 22.1 Å². The smallest absolute Gasteiger partial charge is 0.235 e. The van der Waals surface area contributed by atoms with Gasteiger partial charge in [0.1, 0.15) is 16.9 Å². The largest absolute Gasteiger partial charge is 0.354 e. The van der Waals surface area contributed by atoms with Crippen LogP contribution in [0.3, 0.4) is 0 Å². The van der Waals surface area contributed by atoms with Crippen LogP contribution in [0.15, 0.2) is 23.5 Å². The van der Waals surface area contributed by atoms with Crippen molar-refractivity contribution in [3.8, 4) is 6.07 Å². The van der Waals surface area contributed by atoms with Gasteiger partial charge < -0.3 is 14.5 Å². The Kier molecular flexibility index (Phi) is 6.78. The molecular weight excluding hydrogens is 428 g/mol. The van der Waals surface area contributed by atoms with Crippen molar-refractivity contribution >= 4 is 34.0 Å². The SMILES string of the molecule is Cn1cccc1Cc1nnc(SCC(=O)Nc2sc3c(c2C#N)CCCCCC3)n1C. The number of carbonyl (C=O) groups excluding carboxylic acids is 1. The minimum absolute atomic E-state index is 0.122. The van der Waals surface area contributed by atoms with Gasteiger partial charge in [0.25, 0.3) is 0 Å². The number of thioether (sulfide) groups is 1. The van der Waals surface area contributed by atoms with Crippen LogP contribution in [0, 0.1) is 11.3 Å². The molecule has 1 N–H and O–H groups in total. The molecule has 0 aromatic carbocycles. The molecule has 3 heterocycles. The molecule has 0 radical (unpaired) electrons. The van der Waals surface area contributed by atoms with Gasteiger partial charge in [-0.25, -0.2) is 0 Å². The Morgan fingerprint density at radius 1 is 1.26 bits per heavy atom. The maximum atomic E-state index is 12.6. The second-order valence-electron chi connectivity index (χ2n) is 7.82. The van der Waals surface area contributed by atoms with Crippen LogP contribution in [-0.2, 0) is 38.2 Å². The average molecular weight is 455 g/mol. The van der Waals surface area contributed by atoms with E-state index in [1.165, 1.54) is 29.5 Å². The summed E-state index contributed by atoms with van der Waals surface area (Å²) in [6.07, 6.45) is 9.34.